The largest absolute Gasteiger partial charge is 0.497 e. The number of alkyl halides is 1. The van der Waals surface area contributed by atoms with E-state index in [1.807, 2.05) is 42.5 Å². The molecule has 0 atom stereocenters. The van der Waals surface area contributed by atoms with Crippen molar-refractivity contribution in [3.8, 4) is 17.2 Å². The number of hydrogen-bond donors (Lipinski definition) is 0. The molecule has 0 bridgehead atoms. The third-order valence-electron chi connectivity index (χ3n) is 2.97. The lowest BCUT2D eigenvalue weighted by Gasteiger charge is -2.12. The Kier molecular flexibility index (Phi) is 5.30. The molecule has 0 saturated carbocycles. The summed E-state index contributed by atoms with van der Waals surface area (Å²) < 4.78 is 16.2. The van der Waals surface area contributed by atoms with E-state index < -0.39 is 0 Å². The molecule has 2 aromatic carbocycles. The number of benzene rings is 2. The number of rotatable bonds is 6. The zero-order valence-electron chi connectivity index (χ0n) is 11.6. The third-order valence-corrected chi connectivity index (χ3v) is 3.58. The van der Waals surface area contributed by atoms with Gasteiger partial charge in [-0.3, -0.25) is 0 Å². The molecule has 2 rings (SSSR count). The van der Waals surface area contributed by atoms with Crippen LogP contribution in [0.5, 0.6) is 17.2 Å². The Bertz CT molecular complexity index is 552. The quantitative estimate of drug-likeness (QED) is 0.740. The van der Waals surface area contributed by atoms with Gasteiger partial charge in [0.05, 0.1) is 14.2 Å². The van der Waals surface area contributed by atoms with E-state index in [4.69, 9.17) is 14.2 Å². The van der Waals surface area contributed by atoms with Gasteiger partial charge in [0, 0.05) is 17.0 Å². The maximum absolute atomic E-state index is 5.88. The molecular weight excluding hydrogens is 320 g/mol. The van der Waals surface area contributed by atoms with Crippen molar-refractivity contribution < 1.29 is 14.2 Å². The fourth-order valence-corrected chi connectivity index (χ4v) is 2.25. The van der Waals surface area contributed by atoms with Crippen molar-refractivity contribution in [1.82, 2.24) is 0 Å². The molecular formula is C16H17BrO3. The van der Waals surface area contributed by atoms with Gasteiger partial charge in [0.2, 0.25) is 0 Å². The van der Waals surface area contributed by atoms with E-state index >= 15 is 0 Å². The second-order valence-electron chi connectivity index (χ2n) is 4.24. The first-order valence-corrected chi connectivity index (χ1v) is 7.37. The van der Waals surface area contributed by atoms with Crippen LogP contribution in [0.25, 0.3) is 0 Å². The van der Waals surface area contributed by atoms with Gasteiger partial charge in [0.15, 0.2) is 0 Å². The molecule has 4 heteroatoms. The maximum Gasteiger partial charge on any atom is 0.127 e. The highest BCUT2D eigenvalue weighted by molar-refractivity contribution is 9.08. The fourth-order valence-electron chi connectivity index (χ4n) is 1.79. The molecule has 0 radical (unpaired) electrons. The molecule has 0 aliphatic carbocycles. The molecule has 106 valence electrons. The molecule has 0 fully saturated rings. The van der Waals surface area contributed by atoms with E-state index in [1.54, 1.807) is 14.2 Å². The Labute approximate surface area is 127 Å². The summed E-state index contributed by atoms with van der Waals surface area (Å²) in [4.78, 5) is 0. The zero-order valence-corrected chi connectivity index (χ0v) is 13.1. The zero-order chi connectivity index (χ0) is 14.4. The summed E-state index contributed by atoms with van der Waals surface area (Å²) in [5.74, 6) is 2.47. The molecule has 0 spiro atoms. The number of hydrogen-bond acceptors (Lipinski definition) is 3. The number of methoxy groups -OCH3 is 2. The predicted molar refractivity (Wildman–Crippen MR) is 83.0 cm³/mol. The van der Waals surface area contributed by atoms with Crippen molar-refractivity contribution in [3.63, 3.8) is 0 Å². The van der Waals surface area contributed by atoms with Gasteiger partial charge in [-0.1, -0.05) is 34.1 Å². The second-order valence-corrected chi connectivity index (χ2v) is 4.80. The van der Waals surface area contributed by atoms with Gasteiger partial charge >= 0.3 is 0 Å². The molecule has 3 nitrogen and oxygen atoms in total. The van der Waals surface area contributed by atoms with Crippen LogP contribution in [0.4, 0.5) is 0 Å². The van der Waals surface area contributed by atoms with Crippen LogP contribution >= 0.6 is 15.9 Å². The minimum absolute atomic E-state index is 0.511. The molecule has 20 heavy (non-hydrogen) atoms. The van der Waals surface area contributed by atoms with Crippen molar-refractivity contribution in [2.24, 2.45) is 0 Å². The molecule has 0 amide bonds. The number of ether oxygens (including phenoxy) is 3. The first-order valence-electron chi connectivity index (χ1n) is 6.25. The Morgan fingerprint density at radius 1 is 0.900 bits per heavy atom. The summed E-state index contributed by atoms with van der Waals surface area (Å²) in [6.07, 6.45) is 0. The maximum atomic E-state index is 5.88. The van der Waals surface area contributed by atoms with Gasteiger partial charge in [-0.15, -0.1) is 0 Å². The van der Waals surface area contributed by atoms with Crippen molar-refractivity contribution in [2.45, 2.75) is 11.9 Å². The summed E-state index contributed by atoms with van der Waals surface area (Å²) in [7, 11) is 3.31. The van der Waals surface area contributed by atoms with Gasteiger partial charge in [-0.05, 0) is 23.8 Å². The third kappa shape index (κ3) is 3.67. The summed E-state index contributed by atoms with van der Waals surface area (Å²) in [6.45, 7) is 0.511. The summed E-state index contributed by atoms with van der Waals surface area (Å²) in [6, 6.07) is 13.7. The van der Waals surface area contributed by atoms with Crippen LogP contribution in [0.1, 0.15) is 11.1 Å². The second kappa shape index (κ2) is 7.20. The van der Waals surface area contributed by atoms with Crippen LogP contribution in [-0.4, -0.2) is 14.2 Å². The van der Waals surface area contributed by atoms with E-state index in [9.17, 15) is 0 Å². The molecule has 0 aromatic heterocycles. The lowest BCUT2D eigenvalue weighted by atomic mass is 10.2. The monoisotopic (exact) mass is 336 g/mol. The number of halogens is 1. The minimum Gasteiger partial charge on any atom is -0.497 e. The summed E-state index contributed by atoms with van der Waals surface area (Å²) in [5.41, 5.74) is 2.19. The minimum atomic E-state index is 0.511. The summed E-state index contributed by atoms with van der Waals surface area (Å²) in [5, 5.41) is 0.745. The van der Waals surface area contributed by atoms with Gasteiger partial charge in [0.25, 0.3) is 0 Å². The van der Waals surface area contributed by atoms with Crippen LogP contribution in [0.2, 0.25) is 0 Å². The van der Waals surface area contributed by atoms with E-state index in [2.05, 4.69) is 15.9 Å². The Hall–Kier alpha value is -1.68. The van der Waals surface area contributed by atoms with Crippen LogP contribution in [0.15, 0.2) is 42.5 Å². The highest BCUT2D eigenvalue weighted by atomic mass is 79.9. The standard InChI is InChI=1S/C16H17BrO3/c1-18-14-6-3-12(4-7-14)11-20-16-9-15(19-2)8-5-13(16)10-17/h3-9H,10-11H2,1-2H3. The lowest BCUT2D eigenvalue weighted by molar-refractivity contribution is 0.301. The molecule has 0 saturated heterocycles. The van der Waals surface area contributed by atoms with Crippen molar-refractivity contribution in [3.05, 3.63) is 53.6 Å². The van der Waals surface area contributed by atoms with E-state index in [1.165, 1.54) is 0 Å². The first kappa shape index (κ1) is 14.7. The molecule has 0 N–H and O–H groups in total. The van der Waals surface area contributed by atoms with Crippen LogP contribution < -0.4 is 14.2 Å². The Balaban J connectivity index is 2.08. The van der Waals surface area contributed by atoms with Crippen LogP contribution in [-0.2, 0) is 11.9 Å². The normalized spacial score (nSPS) is 10.2. The molecule has 0 unspecified atom stereocenters. The van der Waals surface area contributed by atoms with Crippen LogP contribution in [0.3, 0.4) is 0 Å². The average Bonchev–Trinajstić information content (AvgIpc) is 2.53. The lowest BCUT2D eigenvalue weighted by Crippen LogP contribution is -1.98. The first-order chi connectivity index (χ1) is 9.76. The van der Waals surface area contributed by atoms with Gasteiger partial charge in [-0.25, -0.2) is 0 Å². The SMILES string of the molecule is COc1ccc(COc2cc(OC)ccc2CBr)cc1. The van der Waals surface area contributed by atoms with Gasteiger partial charge in [-0.2, -0.15) is 0 Å². The van der Waals surface area contributed by atoms with Crippen LogP contribution in [0, 0.1) is 0 Å². The van der Waals surface area contributed by atoms with Crippen molar-refractivity contribution >= 4 is 15.9 Å². The fraction of sp³-hybridized carbons (Fsp3) is 0.250. The highest BCUT2D eigenvalue weighted by Crippen LogP contribution is 2.27. The molecule has 0 heterocycles. The van der Waals surface area contributed by atoms with Crippen molar-refractivity contribution in [2.75, 3.05) is 14.2 Å². The van der Waals surface area contributed by atoms with E-state index in [0.29, 0.717) is 6.61 Å². The van der Waals surface area contributed by atoms with Crippen molar-refractivity contribution in [1.29, 1.82) is 0 Å². The predicted octanol–water partition coefficient (Wildman–Crippen LogP) is 4.18. The topological polar surface area (TPSA) is 27.7 Å². The highest BCUT2D eigenvalue weighted by Gasteiger charge is 2.05. The Morgan fingerprint density at radius 2 is 1.55 bits per heavy atom. The summed E-state index contributed by atoms with van der Waals surface area (Å²) >= 11 is 3.46. The Morgan fingerprint density at radius 3 is 2.15 bits per heavy atom. The van der Waals surface area contributed by atoms with E-state index in [0.717, 1.165) is 33.7 Å². The average molecular weight is 337 g/mol. The molecule has 2 aromatic rings. The van der Waals surface area contributed by atoms with E-state index in [-0.39, 0.29) is 0 Å². The molecule has 0 aliphatic heterocycles. The van der Waals surface area contributed by atoms with Gasteiger partial charge in [0.1, 0.15) is 23.9 Å². The smallest absolute Gasteiger partial charge is 0.127 e. The van der Waals surface area contributed by atoms with Gasteiger partial charge < -0.3 is 14.2 Å². The molecule has 0 aliphatic rings.